The summed E-state index contributed by atoms with van der Waals surface area (Å²) >= 11 is 4.01. The SMILES string of the molecule is NNC(CC1CCOCC1)c1cc2c(s1)CCSC2. The molecule has 19 heavy (non-hydrogen) atoms. The van der Waals surface area contributed by atoms with Crippen molar-refractivity contribution in [3.63, 3.8) is 0 Å². The number of nitrogens with two attached hydrogens (primary N) is 1. The maximum absolute atomic E-state index is 5.80. The van der Waals surface area contributed by atoms with Crippen LogP contribution in [0.2, 0.25) is 0 Å². The molecule has 0 aromatic carbocycles. The van der Waals surface area contributed by atoms with Gasteiger partial charge in [-0.15, -0.1) is 11.3 Å². The first-order valence-electron chi connectivity index (χ1n) is 7.10. The van der Waals surface area contributed by atoms with Crippen molar-refractivity contribution in [3.8, 4) is 0 Å². The molecule has 106 valence electrons. The van der Waals surface area contributed by atoms with Crippen molar-refractivity contribution in [2.24, 2.45) is 11.8 Å². The molecule has 2 aliphatic rings. The Kier molecular flexibility index (Phi) is 4.82. The fourth-order valence-corrected chi connectivity index (χ4v) is 5.37. The van der Waals surface area contributed by atoms with Crippen LogP contribution in [0.4, 0.5) is 0 Å². The lowest BCUT2D eigenvalue weighted by Gasteiger charge is -2.25. The molecule has 3 nitrogen and oxygen atoms in total. The molecule has 5 heteroatoms. The van der Waals surface area contributed by atoms with Gasteiger partial charge in [-0.2, -0.15) is 11.8 Å². The minimum atomic E-state index is 0.323. The van der Waals surface area contributed by atoms with E-state index in [0.717, 1.165) is 25.6 Å². The Balaban J connectivity index is 1.68. The summed E-state index contributed by atoms with van der Waals surface area (Å²) < 4.78 is 5.44. The van der Waals surface area contributed by atoms with Crippen LogP contribution < -0.4 is 11.3 Å². The second kappa shape index (κ2) is 6.59. The van der Waals surface area contributed by atoms with Gasteiger partial charge in [-0.25, -0.2) is 0 Å². The monoisotopic (exact) mass is 298 g/mol. The molecule has 3 heterocycles. The molecule has 1 atom stereocenters. The lowest BCUT2D eigenvalue weighted by molar-refractivity contribution is 0.0606. The third-order valence-corrected chi connectivity index (χ3v) is 6.46. The van der Waals surface area contributed by atoms with Crippen molar-refractivity contribution in [3.05, 3.63) is 21.4 Å². The largest absolute Gasteiger partial charge is 0.381 e. The first kappa shape index (κ1) is 13.9. The summed E-state index contributed by atoms with van der Waals surface area (Å²) in [6.07, 6.45) is 4.74. The lowest BCUT2D eigenvalue weighted by atomic mass is 9.92. The Morgan fingerprint density at radius 2 is 2.26 bits per heavy atom. The van der Waals surface area contributed by atoms with Crippen molar-refractivity contribution >= 4 is 23.1 Å². The highest BCUT2D eigenvalue weighted by molar-refractivity contribution is 7.98. The number of nitrogens with one attached hydrogen (secondary N) is 1. The number of thioether (sulfide) groups is 1. The van der Waals surface area contributed by atoms with Crippen molar-refractivity contribution in [2.45, 2.75) is 37.5 Å². The molecule has 0 aliphatic carbocycles. The standard InChI is InChI=1S/C14H22N2OS2/c15-16-12(7-10-1-4-17-5-2-10)14-8-11-9-18-6-3-13(11)19-14/h8,10,12,16H,1-7,9,15H2. The van der Waals surface area contributed by atoms with E-state index in [1.165, 1.54) is 35.6 Å². The Bertz CT molecular complexity index is 392. The molecule has 0 radical (unpaired) electrons. The Morgan fingerprint density at radius 3 is 3.00 bits per heavy atom. The minimum absolute atomic E-state index is 0.323. The van der Waals surface area contributed by atoms with E-state index in [-0.39, 0.29) is 0 Å². The summed E-state index contributed by atoms with van der Waals surface area (Å²) in [6, 6.07) is 2.71. The van der Waals surface area contributed by atoms with Crippen molar-refractivity contribution < 1.29 is 4.74 Å². The zero-order valence-corrected chi connectivity index (χ0v) is 12.8. The Hall–Kier alpha value is -0.0700. The van der Waals surface area contributed by atoms with Gasteiger partial charge in [-0.1, -0.05) is 0 Å². The molecule has 1 unspecified atom stereocenters. The van der Waals surface area contributed by atoms with E-state index in [1.807, 2.05) is 23.1 Å². The second-order valence-electron chi connectivity index (χ2n) is 5.41. The van der Waals surface area contributed by atoms with Gasteiger partial charge in [0.1, 0.15) is 0 Å². The molecule has 1 aromatic heterocycles. The molecule has 0 amide bonds. The molecule has 2 aliphatic heterocycles. The highest BCUT2D eigenvalue weighted by Crippen LogP contribution is 2.37. The number of thiophene rings is 1. The number of hydrogen-bond acceptors (Lipinski definition) is 5. The van der Waals surface area contributed by atoms with Crippen LogP contribution in [0.15, 0.2) is 6.07 Å². The van der Waals surface area contributed by atoms with Crippen LogP contribution in [0, 0.1) is 5.92 Å². The van der Waals surface area contributed by atoms with E-state index in [9.17, 15) is 0 Å². The first-order valence-corrected chi connectivity index (χ1v) is 9.07. The molecular formula is C14H22N2OS2. The number of fused-ring (bicyclic) bond motifs is 1. The minimum Gasteiger partial charge on any atom is -0.381 e. The molecule has 1 aromatic rings. The number of aryl methyl sites for hydroxylation is 1. The number of hydrogen-bond donors (Lipinski definition) is 2. The predicted molar refractivity (Wildman–Crippen MR) is 82.4 cm³/mol. The van der Waals surface area contributed by atoms with Crippen molar-refractivity contribution in [1.29, 1.82) is 0 Å². The van der Waals surface area contributed by atoms with E-state index in [1.54, 1.807) is 10.4 Å². The summed E-state index contributed by atoms with van der Waals surface area (Å²) in [5.74, 6) is 9.01. The summed E-state index contributed by atoms with van der Waals surface area (Å²) in [5.41, 5.74) is 4.58. The zero-order chi connectivity index (χ0) is 13.1. The zero-order valence-electron chi connectivity index (χ0n) is 11.2. The maximum Gasteiger partial charge on any atom is 0.0556 e. The van der Waals surface area contributed by atoms with Gasteiger partial charge in [0.25, 0.3) is 0 Å². The summed E-state index contributed by atoms with van der Waals surface area (Å²) in [7, 11) is 0. The van der Waals surface area contributed by atoms with E-state index in [0.29, 0.717) is 6.04 Å². The molecule has 0 bridgehead atoms. The molecule has 1 fully saturated rings. The highest BCUT2D eigenvalue weighted by atomic mass is 32.2. The van der Waals surface area contributed by atoms with E-state index >= 15 is 0 Å². The van der Waals surface area contributed by atoms with Gasteiger partial charge in [-0.3, -0.25) is 11.3 Å². The third kappa shape index (κ3) is 3.34. The summed E-state index contributed by atoms with van der Waals surface area (Å²) in [5, 5.41) is 0. The van der Waals surface area contributed by atoms with Crippen LogP contribution in [0.1, 0.15) is 40.6 Å². The van der Waals surface area contributed by atoms with Crippen molar-refractivity contribution in [2.75, 3.05) is 19.0 Å². The smallest absolute Gasteiger partial charge is 0.0556 e. The van der Waals surface area contributed by atoms with Gasteiger partial charge in [0.05, 0.1) is 6.04 Å². The van der Waals surface area contributed by atoms with Gasteiger partial charge in [-0.05, 0) is 49.0 Å². The van der Waals surface area contributed by atoms with Crippen LogP contribution in [0.3, 0.4) is 0 Å². The summed E-state index contributed by atoms with van der Waals surface area (Å²) in [6.45, 7) is 1.83. The molecule has 1 saturated heterocycles. The fraction of sp³-hybridized carbons (Fsp3) is 0.714. The highest BCUT2D eigenvalue weighted by Gasteiger charge is 2.23. The van der Waals surface area contributed by atoms with E-state index < -0.39 is 0 Å². The molecular weight excluding hydrogens is 276 g/mol. The first-order chi connectivity index (χ1) is 9.36. The Morgan fingerprint density at radius 1 is 1.42 bits per heavy atom. The van der Waals surface area contributed by atoms with Gasteiger partial charge < -0.3 is 4.74 Å². The topological polar surface area (TPSA) is 47.3 Å². The normalized spacial score (nSPS) is 22.2. The maximum atomic E-state index is 5.80. The van der Waals surface area contributed by atoms with Gasteiger partial charge in [0.15, 0.2) is 0 Å². The predicted octanol–water partition coefficient (Wildman–Crippen LogP) is 2.86. The summed E-state index contributed by atoms with van der Waals surface area (Å²) in [4.78, 5) is 3.02. The van der Waals surface area contributed by atoms with Crippen LogP contribution >= 0.6 is 23.1 Å². The molecule has 0 spiro atoms. The average molecular weight is 298 g/mol. The number of hydrazine groups is 1. The molecule has 3 N–H and O–H groups in total. The molecule has 3 rings (SSSR count). The second-order valence-corrected chi connectivity index (χ2v) is 7.68. The van der Waals surface area contributed by atoms with Crippen LogP contribution in [-0.4, -0.2) is 19.0 Å². The van der Waals surface area contributed by atoms with Crippen LogP contribution in [0.5, 0.6) is 0 Å². The van der Waals surface area contributed by atoms with E-state index in [4.69, 9.17) is 10.6 Å². The quantitative estimate of drug-likeness (QED) is 0.663. The van der Waals surface area contributed by atoms with Gasteiger partial charge in [0.2, 0.25) is 0 Å². The van der Waals surface area contributed by atoms with Crippen LogP contribution in [-0.2, 0) is 16.9 Å². The average Bonchev–Trinajstić information content (AvgIpc) is 2.89. The van der Waals surface area contributed by atoms with Gasteiger partial charge in [0, 0.05) is 28.7 Å². The van der Waals surface area contributed by atoms with E-state index in [2.05, 4.69) is 11.5 Å². The number of ether oxygens (including phenoxy) is 1. The molecule has 0 saturated carbocycles. The number of rotatable bonds is 4. The lowest BCUT2D eigenvalue weighted by Crippen LogP contribution is -2.30. The van der Waals surface area contributed by atoms with Crippen LogP contribution in [0.25, 0.3) is 0 Å². The van der Waals surface area contributed by atoms with Crippen molar-refractivity contribution in [1.82, 2.24) is 5.43 Å². The van der Waals surface area contributed by atoms with Gasteiger partial charge >= 0.3 is 0 Å². The Labute approximate surface area is 123 Å². The third-order valence-electron chi connectivity index (χ3n) is 4.10. The fourth-order valence-electron chi connectivity index (χ4n) is 2.92.